The molecule has 4 rings (SSSR count). The summed E-state index contributed by atoms with van der Waals surface area (Å²) in [5.41, 5.74) is 2.68. The molecule has 2 heterocycles. The molecule has 29 heavy (non-hydrogen) atoms. The summed E-state index contributed by atoms with van der Waals surface area (Å²) in [6, 6.07) is 12.7. The monoisotopic (exact) mass is 393 g/mol. The molecule has 2 aromatic rings. The largest absolute Gasteiger partial charge is 0.348 e. The molecule has 0 atom stereocenters. The van der Waals surface area contributed by atoms with Gasteiger partial charge in [-0.25, -0.2) is 9.97 Å². The molecule has 1 amide bonds. The van der Waals surface area contributed by atoms with Gasteiger partial charge in [0, 0.05) is 44.5 Å². The van der Waals surface area contributed by atoms with E-state index in [4.69, 9.17) is 0 Å². The second-order valence-electron chi connectivity index (χ2n) is 8.25. The SMILES string of the molecule is Cc1cc(C(=O)NC2CCCCC2)nc(N2CCN(Cc3ccccc3)CC2)n1. The van der Waals surface area contributed by atoms with E-state index in [-0.39, 0.29) is 11.9 Å². The fourth-order valence-corrected chi connectivity index (χ4v) is 4.26. The van der Waals surface area contributed by atoms with E-state index in [0.29, 0.717) is 11.6 Å². The van der Waals surface area contributed by atoms with Gasteiger partial charge < -0.3 is 10.2 Å². The van der Waals surface area contributed by atoms with Crippen LogP contribution in [0.15, 0.2) is 36.4 Å². The summed E-state index contributed by atoms with van der Waals surface area (Å²) < 4.78 is 0. The van der Waals surface area contributed by atoms with Gasteiger partial charge in [0.2, 0.25) is 5.95 Å². The molecule has 1 aliphatic carbocycles. The van der Waals surface area contributed by atoms with Gasteiger partial charge in [-0.2, -0.15) is 0 Å². The summed E-state index contributed by atoms with van der Waals surface area (Å²) in [6.45, 7) is 6.60. The van der Waals surface area contributed by atoms with Crippen LogP contribution in [0.1, 0.15) is 53.8 Å². The molecular weight excluding hydrogens is 362 g/mol. The lowest BCUT2D eigenvalue weighted by atomic mass is 9.95. The first-order chi connectivity index (χ1) is 14.2. The van der Waals surface area contributed by atoms with Crippen LogP contribution in [0.5, 0.6) is 0 Å². The Balaban J connectivity index is 1.37. The molecule has 1 N–H and O–H groups in total. The van der Waals surface area contributed by atoms with Crippen molar-refractivity contribution in [2.24, 2.45) is 0 Å². The Bertz CT molecular complexity index is 811. The number of carbonyl (C=O) groups excluding carboxylic acids is 1. The highest BCUT2D eigenvalue weighted by atomic mass is 16.1. The van der Waals surface area contributed by atoms with Gasteiger partial charge in [-0.05, 0) is 31.4 Å². The standard InChI is InChI=1S/C23H31N5O/c1-18-16-21(22(29)25-20-10-6-3-7-11-20)26-23(24-18)28-14-12-27(13-15-28)17-19-8-4-2-5-9-19/h2,4-5,8-9,16,20H,3,6-7,10-15,17H2,1H3,(H,25,29). The second-order valence-corrected chi connectivity index (χ2v) is 8.25. The molecule has 1 aromatic heterocycles. The zero-order chi connectivity index (χ0) is 20.1. The number of rotatable bonds is 5. The van der Waals surface area contributed by atoms with Gasteiger partial charge in [0.05, 0.1) is 0 Å². The minimum atomic E-state index is -0.0636. The average molecular weight is 394 g/mol. The molecule has 2 fully saturated rings. The third-order valence-electron chi connectivity index (χ3n) is 5.92. The van der Waals surface area contributed by atoms with Crippen molar-refractivity contribution in [3.05, 3.63) is 53.3 Å². The topological polar surface area (TPSA) is 61.4 Å². The van der Waals surface area contributed by atoms with Crippen molar-refractivity contribution in [3.63, 3.8) is 0 Å². The highest BCUT2D eigenvalue weighted by Gasteiger charge is 2.22. The van der Waals surface area contributed by atoms with Gasteiger partial charge in [-0.3, -0.25) is 9.69 Å². The Labute approximate surface area is 173 Å². The van der Waals surface area contributed by atoms with Crippen LogP contribution < -0.4 is 10.2 Å². The minimum absolute atomic E-state index is 0.0636. The number of carbonyl (C=O) groups is 1. The Morgan fingerprint density at radius 2 is 1.76 bits per heavy atom. The lowest BCUT2D eigenvalue weighted by molar-refractivity contribution is 0.0922. The zero-order valence-electron chi connectivity index (χ0n) is 17.3. The molecule has 6 nitrogen and oxygen atoms in total. The number of nitrogens with zero attached hydrogens (tertiary/aromatic N) is 4. The third kappa shape index (κ3) is 5.32. The first-order valence-electron chi connectivity index (χ1n) is 10.9. The summed E-state index contributed by atoms with van der Waals surface area (Å²) in [5, 5.41) is 3.17. The highest BCUT2D eigenvalue weighted by molar-refractivity contribution is 5.92. The van der Waals surface area contributed by atoms with E-state index in [9.17, 15) is 4.79 Å². The Morgan fingerprint density at radius 3 is 2.48 bits per heavy atom. The summed E-state index contributed by atoms with van der Waals surface area (Å²) in [7, 11) is 0. The quantitative estimate of drug-likeness (QED) is 0.845. The molecule has 1 saturated carbocycles. The predicted molar refractivity (Wildman–Crippen MR) is 115 cm³/mol. The first kappa shape index (κ1) is 19.8. The number of piperazine rings is 1. The molecule has 6 heteroatoms. The van der Waals surface area contributed by atoms with Crippen molar-refractivity contribution in [1.29, 1.82) is 0 Å². The van der Waals surface area contributed by atoms with E-state index in [1.807, 2.05) is 6.92 Å². The van der Waals surface area contributed by atoms with Crippen LogP contribution in [-0.4, -0.2) is 53.0 Å². The molecule has 0 spiro atoms. The third-order valence-corrected chi connectivity index (χ3v) is 5.92. The Morgan fingerprint density at radius 1 is 1.03 bits per heavy atom. The Hall–Kier alpha value is -2.47. The van der Waals surface area contributed by atoms with Crippen molar-refractivity contribution in [2.45, 2.75) is 51.6 Å². The van der Waals surface area contributed by atoms with E-state index < -0.39 is 0 Å². The maximum Gasteiger partial charge on any atom is 0.270 e. The van der Waals surface area contributed by atoms with E-state index >= 15 is 0 Å². The summed E-state index contributed by atoms with van der Waals surface area (Å²) in [6.07, 6.45) is 5.83. The lowest BCUT2D eigenvalue weighted by Crippen LogP contribution is -2.46. The minimum Gasteiger partial charge on any atom is -0.348 e. The van der Waals surface area contributed by atoms with Crippen molar-refractivity contribution >= 4 is 11.9 Å². The number of amides is 1. The highest BCUT2D eigenvalue weighted by Crippen LogP contribution is 2.19. The molecule has 1 aliphatic heterocycles. The van der Waals surface area contributed by atoms with Crippen molar-refractivity contribution in [1.82, 2.24) is 20.2 Å². The molecular formula is C23H31N5O. The normalized spacial score (nSPS) is 18.6. The summed E-state index contributed by atoms with van der Waals surface area (Å²) in [4.78, 5) is 26.6. The number of hydrogen-bond donors (Lipinski definition) is 1. The van der Waals surface area contributed by atoms with Gasteiger partial charge in [-0.1, -0.05) is 49.6 Å². The van der Waals surface area contributed by atoms with Crippen LogP contribution in [0, 0.1) is 6.92 Å². The van der Waals surface area contributed by atoms with Crippen LogP contribution >= 0.6 is 0 Å². The van der Waals surface area contributed by atoms with Crippen molar-refractivity contribution in [2.75, 3.05) is 31.1 Å². The number of benzene rings is 1. The number of aryl methyl sites for hydroxylation is 1. The smallest absolute Gasteiger partial charge is 0.270 e. The lowest BCUT2D eigenvalue weighted by Gasteiger charge is -2.35. The number of hydrogen-bond acceptors (Lipinski definition) is 5. The number of nitrogens with one attached hydrogen (secondary N) is 1. The molecule has 0 unspecified atom stereocenters. The van der Waals surface area contributed by atoms with Crippen LogP contribution in [-0.2, 0) is 6.54 Å². The fourth-order valence-electron chi connectivity index (χ4n) is 4.26. The van der Waals surface area contributed by atoms with E-state index in [1.165, 1.54) is 24.8 Å². The van der Waals surface area contributed by atoms with Crippen LogP contribution in [0.4, 0.5) is 5.95 Å². The number of anilines is 1. The van der Waals surface area contributed by atoms with Crippen molar-refractivity contribution in [3.8, 4) is 0 Å². The molecule has 1 saturated heterocycles. The molecule has 0 radical (unpaired) electrons. The fraction of sp³-hybridized carbons (Fsp3) is 0.522. The number of aromatic nitrogens is 2. The second kappa shape index (κ2) is 9.35. The van der Waals surface area contributed by atoms with E-state index in [0.717, 1.165) is 51.3 Å². The van der Waals surface area contributed by atoms with E-state index in [2.05, 4.69) is 55.4 Å². The van der Waals surface area contributed by atoms with Crippen molar-refractivity contribution < 1.29 is 4.79 Å². The Kier molecular flexibility index (Phi) is 6.39. The van der Waals surface area contributed by atoms with Gasteiger partial charge in [-0.15, -0.1) is 0 Å². The summed E-state index contributed by atoms with van der Waals surface area (Å²) in [5.74, 6) is 0.615. The predicted octanol–water partition coefficient (Wildman–Crippen LogP) is 3.17. The molecule has 0 bridgehead atoms. The van der Waals surface area contributed by atoms with Gasteiger partial charge in [0.15, 0.2) is 0 Å². The maximum atomic E-state index is 12.7. The van der Waals surface area contributed by atoms with E-state index in [1.54, 1.807) is 6.07 Å². The van der Waals surface area contributed by atoms with Crippen LogP contribution in [0.2, 0.25) is 0 Å². The molecule has 1 aromatic carbocycles. The van der Waals surface area contributed by atoms with Crippen LogP contribution in [0.3, 0.4) is 0 Å². The van der Waals surface area contributed by atoms with Gasteiger partial charge in [0.25, 0.3) is 5.91 Å². The first-order valence-corrected chi connectivity index (χ1v) is 10.9. The van der Waals surface area contributed by atoms with Gasteiger partial charge >= 0.3 is 0 Å². The maximum absolute atomic E-state index is 12.7. The van der Waals surface area contributed by atoms with Crippen LogP contribution in [0.25, 0.3) is 0 Å². The average Bonchev–Trinajstić information content (AvgIpc) is 2.75. The molecule has 154 valence electrons. The molecule has 2 aliphatic rings. The zero-order valence-corrected chi connectivity index (χ0v) is 17.3. The van der Waals surface area contributed by atoms with Gasteiger partial charge in [0.1, 0.15) is 5.69 Å². The summed E-state index contributed by atoms with van der Waals surface area (Å²) >= 11 is 0.